The molecule has 3 aromatic rings. The SMILES string of the molecule is O=C(NCCc1cscn1)C(Cc1ccc(F)cc1)c1ccc(F)cc1. The molecule has 26 heavy (non-hydrogen) atoms. The molecule has 1 N–H and O–H groups in total. The van der Waals surface area contributed by atoms with Crippen molar-refractivity contribution < 1.29 is 13.6 Å². The van der Waals surface area contributed by atoms with Crippen LogP contribution in [0.1, 0.15) is 22.7 Å². The summed E-state index contributed by atoms with van der Waals surface area (Å²) in [4.78, 5) is 16.9. The minimum Gasteiger partial charge on any atom is -0.355 e. The monoisotopic (exact) mass is 372 g/mol. The minimum atomic E-state index is -0.475. The molecule has 1 atom stereocenters. The van der Waals surface area contributed by atoms with E-state index < -0.39 is 5.92 Å². The maximum absolute atomic E-state index is 13.2. The molecule has 0 aliphatic carbocycles. The molecular formula is C20H18F2N2OS. The average molecular weight is 372 g/mol. The lowest BCUT2D eigenvalue weighted by Crippen LogP contribution is -2.32. The van der Waals surface area contributed by atoms with Crippen molar-refractivity contribution in [2.24, 2.45) is 0 Å². The summed E-state index contributed by atoms with van der Waals surface area (Å²) < 4.78 is 26.4. The highest BCUT2D eigenvalue weighted by Crippen LogP contribution is 2.22. The van der Waals surface area contributed by atoms with Gasteiger partial charge in [-0.05, 0) is 41.8 Å². The van der Waals surface area contributed by atoms with Crippen molar-refractivity contribution in [2.75, 3.05) is 6.54 Å². The van der Waals surface area contributed by atoms with E-state index in [0.717, 1.165) is 16.8 Å². The highest BCUT2D eigenvalue weighted by Gasteiger charge is 2.21. The second-order valence-electron chi connectivity index (χ2n) is 5.96. The Balaban J connectivity index is 1.71. The van der Waals surface area contributed by atoms with Gasteiger partial charge in [-0.25, -0.2) is 13.8 Å². The zero-order chi connectivity index (χ0) is 18.4. The Morgan fingerprint density at radius 3 is 2.31 bits per heavy atom. The lowest BCUT2D eigenvalue weighted by molar-refractivity contribution is -0.122. The van der Waals surface area contributed by atoms with Gasteiger partial charge in [0.15, 0.2) is 0 Å². The predicted octanol–water partition coefficient (Wildman–Crippen LogP) is 4.11. The van der Waals surface area contributed by atoms with E-state index >= 15 is 0 Å². The van der Waals surface area contributed by atoms with Crippen molar-refractivity contribution in [3.05, 3.63) is 87.9 Å². The van der Waals surface area contributed by atoms with Crippen molar-refractivity contribution in [3.8, 4) is 0 Å². The lowest BCUT2D eigenvalue weighted by Gasteiger charge is -2.17. The Morgan fingerprint density at radius 1 is 1.04 bits per heavy atom. The van der Waals surface area contributed by atoms with Gasteiger partial charge in [-0.15, -0.1) is 11.3 Å². The van der Waals surface area contributed by atoms with Gasteiger partial charge in [0.05, 0.1) is 17.1 Å². The van der Waals surface area contributed by atoms with Gasteiger partial charge in [0.2, 0.25) is 5.91 Å². The molecule has 0 saturated carbocycles. The Hall–Kier alpha value is -2.60. The first kappa shape index (κ1) is 18.2. The normalized spacial score (nSPS) is 11.9. The molecule has 3 rings (SSSR count). The van der Waals surface area contributed by atoms with Crippen LogP contribution in [-0.4, -0.2) is 17.4 Å². The number of nitrogens with zero attached hydrogens (tertiary/aromatic N) is 1. The van der Waals surface area contributed by atoms with E-state index in [2.05, 4.69) is 10.3 Å². The summed E-state index contributed by atoms with van der Waals surface area (Å²) in [6.07, 6.45) is 1.07. The number of carbonyl (C=O) groups is 1. The molecule has 0 bridgehead atoms. The number of hydrogen-bond acceptors (Lipinski definition) is 3. The first-order chi connectivity index (χ1) is 12.6. The zero-order valence-electron chi connectivity index (χ0n) is 14.0. The van der Waals surface area contributed by atoms with E-state index in [9.17, 15) is 13.6 Å². The third kappa shape index (κ3) is 4.95. The summed E-state index contributed by atoms with van der Waals surface area (Å²) in [6.45, 7) is 0.476. The zero-order valence-corrected chi connectivity index (χ0v) is 14.8. The fraction of sp³-hybridized carbons (Fsp3) is 0.200. The van der Waals surface area contributed by atoms with Crippen LogP contribution in [0.3, 0.4) is 0 Å². The molecule has 0 aliphatic heterocycles. The van der Waals surface area contributed by atoms with E-state index in [4.69, 9.17) is 0 Å². The molecule has 0 radical (unpaired) electrons. The van der Waals surface area contributed by atoms with Crippen LogP contribution in [0.4, 0.5) is 8.78 Å². The summed E-state index contributed by atoms with van der Waals surface area (Å²) in [5.74, 6) is -1.29. The van der Waals surface area contributed by atoms with E-state index in [1.807, 2.05) is 5.38 Å². The van der Waals surface area contributed by atoms with Gasteiger partial charge >= 0.3 is 0 Å². The molecule has 1 unspecified atom stereocenters. The Labute approximate surface area is 154 Å². The number of thiazole rings is 1. The number of carbonyl (C=O) groups excluding carboxylic acids is 1. The van der Waals surface area contributed by atoms with Crippen molar-refractivity contribution in [1.29, 1.82) is 0 Å². The molecular weight excluding hydrogens is 354 g/mol. The van der Waals surface area contributed by atoms with Gasteiger partial charge < -0.3 is 5.32 Å². The van der Waals surface area contributed by atoms with E-state index in [1.54, 1.807) is 29.8 Å². The van der Waals surface area contributed by atoms with E-state index in [1.165, 1.54) is 35.6 Å². The van der Waals surface area contributed by atoms with Crippen molar-refractivity contribution in [3.63, 3.8) is 0 Å². The van der Waals surface area contributed by atoms with Crippen LogP contribution in [-0.2, 0) is 17.6 Å². The number of halogens is 2. The largest absolute Gasteiger partial charge is 0.355 e. The first-order valence-corrected chi connectivity index (χ1v) is 9.21. The molecule has 1 amide bonds. The molecule has 134 valence electrons. The third-order valence-corrected chi connectivity index (χ3v) is 4.74. The number of amides is 1. The van der Waals surface area contributed by atoms with Crippen LogP contribution in [0.5, 0.6) is 0 Å². The fourth-order valence-electron chi connectivity index (χ4n) is 2.71. The second-order valence-corrected chi connectivity index (χ2v) is 6.67. The van der Waals surface area contributed by atoms with Gasteiger partial charge in [-0.3, -0.25) is 4.79 Å². The van der Waals surface area contributed by atoms with Gasteiger partial charge in [-0.1, -0.05) is 24.3 Å². The molecule has 3 nitrogen and oxygen atoms in total. The minimum absolute atomic E-state index is 0.142. The molecule has 0 saturated heterocycles. The van der Waals surface area contributed by atoms with Crippen molar-refractivity contribution in [2.45, 2.75) is 18.8 Å². The van der Waals surface area contributed by atoms with Crippen LogP contribution < -0.4 is 5.32 Å². The highest BCUT2D eigenvalue weighted by atomic mass is 32.1. The molecule has 6 heteroatoms. The van der Waals surface area contributed by atoms with E-state index in [-0.39, 0.29) is 17.5 Å². The van der Waals surface area contributed by atoms with Crippen LogP contribution in [0.25, 0.3) is 0 Å². The van der Waals surface area contributed by atoms with Gasteiger partial charge in [0.25, 0.3) is 0 Å². The molecule has 1 heterocycles. The van der Waals surface area contributed by atoms with Crippen molar-refractivity contribution >= 4 is 17.2 Å². The second kappa shape index (κ2) is 8.67. The molecule has 0 fully saturated rings. The van der Waals surface area contributed by atoms with E-state index in [0.29, 0.717) is 19.4 Å². The van der Waals surface area contributed by atoms with Crippen LogP contribution in [0.15, 0.2) is 59.4 Å². The number of nitrogens with one attached hydrogen (secondary N) is 1. The summed E-state index contributed by atoms with van der Waals surface area (Å²) in [7, 11) is 0. The standard InChI is InChI=1S/C20H18F2N2OS/c21-16-5-1-14(2-6-16)11-19(15-3-7-17(22)8-4-15)20(25)23-10-9-18-12-26-13-24-18/h1-8,12-13,19H,9-11H2,(H,23,25). The van der Waals surface area contributed by atoms with Gasteiger partial charge in [0, 0.05) is 18.3 Å². The molecule has 2 aromatic carbocycles. The quantitative estimate of drug-likeness (QED) is 0.678. The maximum atomic E-state index is 13.2. The Bertz CT molecular complexity index is 833. The van der Waals surface area contributed by atoms with Gasteiger partial charge in [-0.2, -0.15) is 0 Å². The highest BCUT2D eigenvalue weighted by molar-refractivity contribution is 7.07. The summed E-state index contributed by atoms with van der Waals surface area (Å²) in [5.41, 5.74) is 4.26. The number of hydrogen-bond donors (Lipinski definition) is 1. The average Bonchev–Trinajstić information content (AvgIpc) is 3.15. The molecule has 1 aromatic heterocycles. The topological polar surface area (TPSA) is 42.0 Å². The lowest BCUT2D eigenvalue weighted by atomic mass is 9.91. The predicted molar refractivity (Wildman–Crippen MR) is 98.1 cm³/mol. The summed E-state index contributed by atoms with van der Waals surface area (Å²) in [6, 6.07) is 12.0. The third-order valence-electron chi connectivity index (χ3n) is 4.11. The maximum Gasteiger partial charge on any atom is 0.227 e. The molecule has 0 spiro atoms. The summed E-state index contributed by atoms with van der Waals surface area (Å²) in [5, 5.41) is 4.87. The van der Waals surface area contributed by atoms with Crippen LogP contribution in [0, 0.1) is 11.6 Å². The number of benzene rings is 2. The van der Waals surface area contributed by atoms with Crippen molar-refractivity contribution in [1.82, 2.24) is 10.3 Å². The Morgan fingerprint density at radius 2 is 1.69 bits per heavy atom. The summed E-state index contributed by atoms with van der Waals surface area (Å²) >= 11 is 1.52. The van der Waals surface area contributed by atoms with Crippen LogP contribution in [0.2, 0.25) is 0 Å². The Kier molecular flexibility index (Phi) is 6.07. The number of aromatic nitrogens is 1. The molecule has 0 aliphatic rings. The first-order valence-electron chi connectivity index (χ1n) is 8.26. The van der Waals surface area contributed by atoms with Crippen LogP contribution >= 0.6 is 11.3 Å². The smallest absolute Gasteiger partial charge is 0.227 e. The fourth-order valence-corrected chi connectivity index (χ4v) is 3.30. The number of rotatable bonds is 7. The van der Waals surface area contributed by atoms with Gasteiger partial charge in [0.1, 0.15) is 11.6 Å².